The minimum atomic E-state index is 0.175. The second-order valence-corrected chi connectivity index (χ2v) is 9.07. The number of hydrogen-bond acceptors (Lipinski definition) is 3. The Balaban J connectivity index is 0.00000124. The summed E-state index contributed by atoms with van der Waals surface area (Å²) in [6.45, 7) is 15.0. The number of piperidine rings is 1. The predicted molar refractivity (Wildman–Crippen MR) is 131 cm³/mol. The van der Waals surface area contributed by atoms with E-state index in [4.69, 9.17) is 4.98 Å². The zero-order valence-corrected chi connectivity index (χ0v) is 19.5. The SMILES string of the molecule is CC.Cc1ccc(-c2cc(N3CCC(NC(C)(C)C)CC3)c3ccccc3n2)cc1. The lowest BCUT2D eigenvalue weighted by atomic mass is 9.98. The number of hydrogen-bond donors (Lipinski definition) is 1. The number of para-hydroxylation sites is 1. The summed E-state index contributed by atoms with van der Waals surface area (Å²) in [7, 11) is 0. The summed E-state index contributed by atoms with van der Waals surface area (Å²) >= 11 is 0. The number of pyridine rings is 1. The summed E-state index contributed by atoms with van der Waals surface area (Å²) in [4.78, 5) is 7.50. The lowest BCUT2D eigenvalue weighted by Crippen LogP contribution is -2.49. The largest absolute Gasteiger partial charge is 0.371 e. The molecule has 1 saturated heterocycles. The van der Waals surface area contributed by atoms with Gasteiger partial charge in [0.25, 0.3) is 0 Å². The van der Waals surface area contributed by atoms with Crippen LogP contribution in [0.2, 0.25) is 0 Å². The van der Waals surface area contributed by atoms with Crippen LogP contribution in [0.25, 0.3) is 22.2 Å². The maximum absolute atomic E-state index is 4.96. The Hall–Kier alpha value is -2.39. The van der Waals surface area contributed by atoms with Crippen LogP contribution < -0.4 is 10.2 Å². The fraction of sp³-hybridized carbons (Fsp3) is 0.444. The van der Waals surface area contributed by atoms with Gasteiger partial charge in [-0.3, -0.25) is 0 Å². The maximum atomic E-state index is 4.96. The van der Waals surface area contributed by atoms with Crippen LogP contribution in [-0.4, -0.2) is 29.7 Å². The van der Waals surface area contributed by atoms with E-state index < -0.39 is 0 Å². The standard InChI is InChI=1S/C25H31N3.C2H6/c1-18-9-11-19(12-10-18)23-17-24(21-7-5-6-8-22(21)26-23)28-15-13-20(14-16-28)27-25(2,3)4;1-2/h5-12,17,20,27H,13-16H2,1-4H3;1-2H3. The molecule has 160 valence electrons. The van der Waals surface area contributed by atoms with Crippen molar-refractivity contribution in [3.63, 3.8) is 0 Å². The lowest BCUT2D eigenvalue weighted by Gasteiger charge is -2.37. The third kappa shape index (κ3) is 5.40. The van der Waals surface area contributed by atoms with Crippen LogP contribution in [0.4, 0.5) is 5.69 Å². The Bertz CT molecular complexity index is 946. The van der Waals surface area contributed by atoms with E-state index in [1.165, 1.54) is 35.0 Å². The number of aryl methyl sites for hydroxylation is 1. The average molecular weight is 404 g/mol. The molecule has 0 saturated carbocycles. The van der Waals surface area contributed by atoms with Gasteiger partial charge in [-0.05, 0) is 52.7 Å². The van der Waals surface area contributed by atoms with Crippen LogP contribution in [-0.2, 0) is 0 Å². The van der Waals surface area contributed by atoms with E-state index in [-0.39, 0.29) is 5.54 Å². The topological polar surface area (TPSA) is 28.2 Å². The Morgan fingerprint density at radius 1 is 0.933 bits per heavy atom. The number of benzene rings is 2. The minimum absolute atomic E-state index is 0.175. The fourth-order valence-electron chi connectivity index (χ4n) is 4.17. The van der Waals surface area contributed by atoms with Gasteiger partial charge in [-0.1, -0.05) is 61.9 Å². The number of nitrogens with zero attached hydrogens (tertiary/aromatic N) is 2. The zero-order chi connectivity index (χ0) is 21.7. The van der Waals surface area contributed by atoms with Crippen LogP contribution in [0.15, 0.2) is 54.6 Å². The Morgan fingerprint density at radius 3 is 2.20 bits per heavy atom. The minimum Gasteiger partial charge on any atom is -0.371 e. The molecule has 3 heteroatoms. The summed E-state index contributed by atoms with van der Waals surface area (Å²) in [5.74, 6) is 0. The molecular formula is C27H37N3. The van der Waals surface area contributed by atoms with Crippen molar-refractivity contribution < 1.29 is 0 Å². The highest BCUT2D eigenvalue weighted by atomic mass is 15.2. The van der Waals surface area contributed by atoms with Crippen molar-refractivity contribution in [2.45, 2.75) is 66.0 Å². The summed E-state index contributed by atoms with van der Waals surface area (Å²) < 4.78 is 0. The summed E-state index contributed by atoms with van der Waals surface area (Å²) in [5, 5.41) is 5.02. The van der Waals surface area contributed by atoms with Crippen molar-refractivity contribution in [1.82, 2.24) is 10.3 Å². The van der Waals surface area contributed by atoms with Gasteiger partial charge >= 0.3 is 0 Å². The van der Waals surface area contributed by atoms with Crippen LogP contribution in [0, 0.1) is 6.92 Å². The highest BCUT2D eigenvalue weighted by Crippen LogP contribution is 2.32. The van der Waals surface area contributed by atoms with E-state index >= 15 is 0 Å². The molecule has 3 aromatic rings. The molecule has 0 radical (unpaired) electrons. The molecular weight excluding hydrogens is 366 g/mol. The Morgan fingerprint density at radius 2 is 1.57 bits per heavy atom. The van der Waals surface area contributed by atoms with Gasteiger partial charge in [0.2, 0.25) is 0 Å². The normalized spacial score (nSPS) is 15.1. The molecule has 0 spiro atoms. The molecule has 1 aromatic heterocycles. The first-order valence-corrected chi connectivity index (χ1v) is 11.4. The third-order valence-corrected chi connectivity index (χ3v) is 5.51. The number of anilines is 1. The first-order chi connectivity index (χ1) is 14.4. The summed E-state index contributed by atoms with van der Waals surface area (Å²) in [5.41, 5.74) is 6.08. The van der Waals surface area contributed by atoms with Gasteiger partial charge in [0.15, 0.2) is 0 Å². The van der Waals surface area contributed by atoms with E-state index in [9.17, 15) is 0 Å². The molecule has 4 rings (SSSR count). The molecule has 1 N–H and O–H groups in total. The van der Waals surface area contributed by atoms with Gasteiger partial charge in [-0.2, -0.15) is 0 Å². The van der Waals surface area contributed by atoms with Crippen molar-refractivity contribution in [2.24, 2.45) is 0 Å². The van der Waals surface area contributed by atoms with Gasteiger partial charge in [0, 0.05) is 41.3 Å². The van der Waals surface area contributed by atoms with Crippen molar-refractivity contribution in [3.05, 3.63) is 60.2 Å². The molecule has 0 bridgehead atoms. The summed E-state index contributed by atoms with van der Waals surface area (Å²) in [6, 6.07) is 20.1. The Kier molecular flexibility index (Phi) is 7.14. The highest BCUT2D eigenvalue weighted by Gasteiger charge is 2.24. The van der Waals surface area contributed by atoms with E-state index in [0.717, 1.165) is 24.3 Å². The molecule has 3 nitrogen and oxygen atoms in total. The number of fused-ring (bicyclic) bond motifs is 1. The van der Waals surface area contributed by atoms with E-state index in [0.29, 0.717) is 6.04 Å². The number of aromatic nitrogens is 1. The molecule has 1 aliphatic heterocycles. The molecule has 2 heterocycles. The lowest BCUT2D eigenvalue weighted by molar-refractivity contribution is 0.317. The van der Waals surface area contributed by atoms with Crippen LogP contribution in [0.3, 0.4) is 0 Å². The van der Waals surface area contributed by atoms with Crippen LogP contribution in [0.1, 0.15) is 53.0 Å². The third-order valence-electron chi connectivity index (χ3n) is 5.51. The average Bonchev–Trinajstić information content (AvgIpc) is 2.74. The first kappa shape index (κ1) is 22.3. The summed E-state index contributed by atoms with van der Waals surface area (Å²) in [6.07, 6.45) is 2.35. The van der Waals surface area contributed by atoms with Crippen molar-refractivity contribution in [1.29, 1.82) is 0 Å². The molecule has 0 unspecified atom stereocenters. The predicted octanol–water partition coefficient (Wildman–Crippen LogP) is 6.59. The molecule has 30 heavy (non-hydrogen) atoms. The van der Waals surface area contributed by atoms with E-state index in [2.05, 4.69) is 92.5 Å². The first-order valence-electron chi connectivity index (χ1n) is 11.4. The molecule has 1 fully saturated rings. The van der Waals surface area contributed by atoms with Gasteiger partial charge in [-0.25, -0.2) is 4.98 Å². The smallest absolute Gasteiger partial charge is 0.0730 e. The number of nitrogens with one attached hydrogen (secondary N) is 1. The molecule has 0 aliphatic carbocycles. The van der Waals surface area contributed by atoms with Crippen molar-refractivity contribution in [2.75, 3.05) is 18.0 Å². The van der Waals surface area contributed by atoms with Crippen molar-refractivity contribution in [3.8, 4) is 11.3 Å². The highest BCUT2D eigenvalue weighted by molar-refractivity contribution is 5.94. The van der Waals surface area contributed by atoms with Crippen LogP contribution in [0.5, 0.6) is 0 Å². The van der Waals surface area contributed by atoms with Gasteiger partial charge in [-0.15, -0.1) is 0 Å². The van der Waals surface area contributed by atoms with Gasteiger partial charge < -0.3 is 10.2 Å². The monoisotopic (exact) mass is 403 g/mol. The van der Waals surface area contributed by atoms with E-state index in [1.807, 2.05) is 13.8 Å². The van der Waals surface area contributed by atoms with Crippen molar-refractivity contribution >= 4 is 16.6 Å². The fourth-order valence-corrected chi connectivity index (χ4v) is 4.17. The zero-order valence-electron chi connectivity index (χ0n) is 19.5. The van der Waals surface area contributed by atoms with Gasteiger partial charge in [0.05, 0.1) is 11.2 Å². The molecule has 1 aliphatic rings. The maximum Gasteiger partial charge on any atom is 0.0730 e. The van der Waals surface area contributed by atoms with E-state index in [1.54, 1.807) is 0 Å². The molecule has 0 atom stereocenters. The van der Waals surface area contributed by atoms with Gasteiger partial charge in [0.1, 0.15) is 0 Å². The molecule has 0 amide bonds. The number of rotatable bonds is 3. The Labute approximate surface area is 182 Å². The second kappa shape index (κ2) is 9.61. The van der Waals surface area contributed by atoms with Crippen LogP contribution >= 0.6 is 0 Å². The quantitative estimate of drug-likeness (QED) is 0.534. The molecule has 2 aromatic carbocycles. The second-order valence-electron chi connectivity index (χ2n) is 9.07.